The van der Waals surface area contributed by atoms with Gasteiger partial charge < -0.3 is 14.5 Å². The molecule has 1 aliphatic carbocycles. The number of carbonyl (C=O) groups excluding carboxylic acids is 1. The number of nitrogens with one attached hydrogen (secondary N) is 1. The molecule has 2 aromatic carbocycles. The Morgan fingerprint density at radius 1 is 1.04 bits per heavy atom. The van der Waals surface area contributed by atoms with Crippen molar-refractivity contribution in [2.75, 3.05) is 6.54 Å². The highest BCUT2D eigenvalue weighted by molar-refractivity contribution is 5.91. The number of halogens is 1. The average Bonchev–Trinajstić information content (AvgIpc) is 3.35. The molecular weight excluding hydrogens is 345 g/mol. The molecule has 0 bridgehead atoms. The second-order valence-electron chi connectivity index (χ2n) is 6.84. The molecule has 0 atom stereocenters. The monoisotopic (exact) mass is 365 g/mol. The quantitative estimate of drug-likeness (QED) is 0.673. The van der Waals surface area contributed by atoms with Crippen molar-refractivity contribution in [3.8, 4) is 5.75 Å². The van der Waals surface area contributed by atoms with Crippen LogP contribution in [-0.4, -0.2) is 12.5 Å². The zero-order valence-electron chi connectivity index (χ0n) is 14.8. The number of hydrogen-bond donors (Lipinski definition) is 1. The van der Waals surface area contributed by atoms with Gasteiger partial charge in [-0.1, -0.05) is 30.3 Å². The van der Waals surface area contributed by atoms with E-state index in [0.717, 1.165) is 12.8 Å². The highest BCUT2D eigenvalue weighted by Crippen LogP contribution is 2.47. The van der Waals surface area contributed by atoms with Gasteiger partial charge in [0.25, 0.3) is 5.91 Å². The van der Waals surface area contributed by atoms with Crippen molar-refractivity contribution in [1.82, 2.24) is 5.32 Å². The SMILES string of the molecule is O=C(NCC1(c2ccccc2)CC1)c1ccc(COc2ccc(F)cc2)o1. The van der Waals surface area contributed by atoms with E-state index in [1.807, 2.05) is 18.2 Å². The number of hydrogen-bond acceptors (Lipinski definition) is 3. The number of ether oxygens (including phenoxy) is 1. The van der Waals surface area contributed by atoms with E-state index in [0.29, 0.717) is 18.1 Å². The summed E-state index contributed by atoms with van der Waals surface area (Å²) in [5.41, 5.74) is 1.32. The van der Waals surface area contributed by atoms with Gasteiger partial charge in [0.2, 0.25) is 0 Å². The molecule has 0 spiro atoms. The standard InChI is InChI=1S/C22H20FNO3/c23-17-6-8-18(9-7-17)26-14-19-10-11-20(27-19)21(25)24-15-22(12-13-22)16-4-2-1-3-5-16/h1-11H,12-15H2,(H,24,25). The summed E-state index contributed by atoms with van der Waals surface area (Å²) >= 11 is 0. The van der Waals surface area contributed by atoms with E-state index in [2.05, 4.69) is 17.4 Å². The third-order valence-electron chi connectivity index (χ3n) is 4.91. The van der Waals surface area contributed by atoms with Crippen molar-refractivity contribution in [3.63, 3.8) is 0 Å². The van der Waals surface area contributed by atoms with Crippen molar-refractivity contribution < 1.29 is 18.3 Å². The first-order chi connectivity index (χ1) is 13.1. The smallest absolute Gasteiger partial charge is 0.287 e. The van der Waals surface area contributed by atoms with Gasteiger partial charge in [0, 0.05) is 12.0 Å². The average molecular weight is 365 g/mol. The first-order valence-electron chi connectivity index (χ1n) is 8.95. The van der Waals surface area contributed by atoms with Crippen LogP contribution in [0, 0.1) is 5.82 Å². The second-order valence-corrected chi connectivity index (χ2v) is 6.84. The van der Waals surface area contributed by atoms with E-state index in [9.17, 15) is 9.18 Å². The van der Waals surface area contributed by atoms with Gasteiger partial charge in [-0.15, -0.1) is 0 Å². The Morgan fingerprint density at radius 2 is 1.78 bits per heavy atom. The summed E-state index contributed by atoms with van der Waals surface area (Å²) in [6.07, 6.45) is 2.15. The van der Waals surface area contributed by atoms with Crippen molar-refractivity contribution in [3.05, 3.63) is 89.6 Å². The van der Waals surface area contributed by atoms with Crippen LogP contribution in [0.2, 0.25) is 0 Å². The maximum Gasteiger partial charge on any atom is 0.287 e. The van der Waals surface area contributed by atoms with E-state index < -0.39 is 0 Å². The summed E-state index contributed by atoms with van der Waals surface area (Å²) in [6, 6.07) is 19.4. The first-order valence-corrected chi connectivity index (χ1v) is 8.95. The third-order valence-corrected chi connectivity index (χ3v) is 4.91. The molecule has 1 aliphatic rings. The number of benzene rings is 2. The summed E-state index contributed by atoms with van der Waals surface area (Å²) in [4.78, 5) is 12.4. The summed E-state index contributed by atoms with van der Waals surface area (Å²) in [7, 11) is 0. The van der Waals surface area contributed by atoms with E-state index >= 15 is 0 Å². The fourth-order valence-corrected chi connectivity index (χ4v) is 3.11. The van der Waals surface area contributed by atoms with Crippen molar-refractivity contribution >= 4 is 5.91 Å². The lowest BCUT2D eigenvalue weighted by Gasteiger charge is -2.16. The van der Waals surface area contributed by atoms with Crippen LogP contribution in [0.1, 0.15) is 34.7 Å². The Labute approximate surface area is 157 Å². The molecule has 1 heterocycles. The minimum atomic E-state index is -0.316. The molecule has 1 N–H and O–H groups in total. The Morgan fingerprint density at radius 3 is 2.48 bits per heavy atom. The largest absolute Gasteiger partial charge is 0.486 e. The zero-order valence-corrected chi connectivity index (χ0v) is 14.8. The highest BCUT2D eigenvalue weighted by atomic mass is 19.1. The van der Waals surface area contributed by atoms with Crippen molar-refractivity contribution in [2.24, 2.45) is 0 Å². The van der Waals surface area contributed by atoms with Crippen LogP contribution in [-0.2, 0) is 12.0 Å². The summed E-state index contributed by atoms with van der Waals surface area (Å²) in [6.45, 7) is 0.769. The van der Waals surface area contributed by atoms with Gasteiger partial charge in [-0.2, -0.15) is 0 Å². The second kappa shape index (κ2) is 7.27. The first kappa shape index (κ1) is 17.3. The molecule has 3 aromatic rings. The molecule has 27 heavy (non-hydrogen) atoms. The predicted octanol–water partition coefficient (Wildman–Crippen LogP) is 4.46. The topological polar surface area (TPSA) is 51.5 Å². The molecule has 138 valence electrons. The van der Waals surface area contributed by atoms with Crippen LogP contribution in [0.4, 0.5) is 4.39 Å². The van der Waals surface area contributed by atoms with Crippen LogP contribution >= 0.6 is 0 Å². The molecule has 4 rings (SSSR count). The van der Waals surface area contributed by atoms with Crippen LogP contribution in [0.25, 0.3) is 0 Å². The van der Waals surface area contributed by atoms with Crippen molar-refractivity contribution in [1.29, 1.82) is 0 Å². The number of rotatable bonds is 7. The molecule has 0 unspecified atom stereocenters. The van der Waals surface area contributed by atoms with Gasteiger partial charge in [-0.05, 0) is 54.8 Å². The lowest BCUT2D eigenvalue weighted by molar-refractivity contribution is 0.0918. The lowest BCUT2D eigenvalue weighted by atomic mass is 9.96. The van der Waals surface area contributed by atoms with Crippen molar-refractivity contribution in [2.45, 2.75) is 24.9 Å². The van der Waals surface area contributed by atoms with Gasteiger partial charge >= 0.3 is 0 Å². The zero-order chi connectivity index (χ0) is 18.7. The van der Waals surface area contributed by atoms with E-state index in [1.165, 1.54) is 17.7 Å². The number of furan rings is 1. The van der Waals surface area contributed by atoms with Gasteiger partial charge in [0.05, 0.1) is 0 Å². The number of amides is 1. The molecule has 0 saturated heterocycles. The Balaban J connectivity index is 1.32. The van der Waals surface area contributed by atoms with Gasteiger partial charge in [0.15, 0.2) is 5.76 Å². The van der Waals surface area contributed by atoms with Crippen LogP contribution in [0.3, 0.4) is 0 Å². The van der Waals surface area contributed by atoms with E-state index in [-0.39, 0.29) is 29.5 Å². The van der Waals surface area contributed by atoms with Gasteiger partial charge in [-0.25, -0.2) is 4.39 Å². The maximum atomic E-state index is 12.9. The molecule has 0 aliphatic heterocycles. The molecule has 4 nitrogen and oxygen atoms in total. The number of carbonyl (C=O) groups is 1. The Bertz CT molecular complexity index is 914. The van der Waals surface area contributed by atoms with E-state index in [4.69, 9.17) is 9.15 Å². The molecular formula is C22H20FNO3. The predicted molar refractivity (Wildman–Crippen MR) is 99.1 cm³/mol. The van der Waals surface area contributed by atoms with Crippen LogP contribution in [0.5, 0.6) is 5.75 Å². The Kier molecular flexibility index (Phi) is 4.67. The summed E-state index contributed by atoms with van der Waals surface area (Å²) in [5.74, 6) is 0.788. The van der Waals surface area contributed by atoms with E-state index in [1.54, 1.807) is 24.3 Å². The lowest BCUT2D eigenvalue weighted by Crippen LogP contribution is -2.32. The Hall–Kier alpha value is -3.08. The summed E-state index contributed by atoms with van der Waals surface area (Å²) < 4.78 is 24.0. The highest BCUT2D eigenvalue weighted by Gasteiger charge is 2.44. The van der Waals surface area contributed by atoms with Gasteiger partial charge in [0.1, 0.15) is 23.9 Å². The fourth-order valence-electron chi connectivity index (χ4n) is 3.11. The molecule has 1 saturated carbocycles. The fraction of sp³-hybridized carbons (Fsp3) is 0.227. The third kappa shape index (κ3) is 4.03. The molecule has 5 heteroatoms. The molecule has 0 radical (unpaired) electrons. The maximum absolute atomic E-state index is 12.9. The minimum absolute atomic E-state index is 0.0536. The van der Waals surface area contributed by atoms with Crippen LogP contribution < -0.4 is 10.1 Å². The summed E-state index contributed by atoms with van der Waals surface area (Å²) in [5, 5.41) is 2.98. The molecule has 1 fully saturated rings. The molecule has 1 amide bonds. The van der Waals surface area contributed by atoms with Gasteiger partial charge in [-0.3, -0.25) is 4.79 Å². The van der Waals surface area contributed by atoms with Crippen LogP contribution in [0.15, 0.2) is 71.1 Å². The molecule has 1 aromatic heterocycles. The normalized spacial score (nSPS) is 14.6. The minimum Gasteiger partial charge on any atom is -0.486 e.